The van der Waals surface area contributed by atoms with E-state index in [1.54, 1.807) is 6.92 Å². The van der Waals surface area contributed by atoms with Gasteiger partial charge in [0.05, 0.1) is 0 Å². The first kappa shape index (κ1) is 8.53. The Hall–Kier alpha value is -0.570. The van der Waals surface area contributed by atoms with E-state index in [0.29, 0.717) is 6.04 Å². The fourth-order valence-electron chi connectivity index (χ4n) is 1.40. The molecular weight excluding hydrogens is 140 g/mol. The number of piperidine rings is 1. The summed E-state index contributed by atoms with van der Waals surface area (Å²) >= 11 is 0. The average molecular weight is 155 g/mol. The Kier molecular flexibility index (Phi) is 2.88. The largest absolute Gasteiger partial charge is 0.343 e. The molecule has 3 nitrogen and oxygen atoms in total. The molecule has 0 unspecified atom stereocenters. The second-order valence-electron chi connectivity index (χ2n) is 2.98. The lowest BCUT2D eigenvalue weighted by Gasteiger charge is -2.30. The van der Waals surface area contributed by atoms with Crippen LogP contribution in [-0.2, 0) is 4.79 Å². The van der Waals surface area contributed by atoms with Crippen LogP contribution in [0, 0.1) is 7.05 Å². The van der Waals surface area contributed by atoms with Crippen LogP contribution in [0.4, 0.5) is 0 Å². The maximum atomic E-state index is 10.9. The molecule has 0 aliphatic carbocycles. The van der Waals surface area contributed by atoms with E-state index in [2.05, 4.69) is 12.4 Å². The van der Waals surface area contributed by atoms with Crippen molar-refractivity contribution >= 4 is 5.91 Å². The normalized spacial score (nSPS) is 20.4. The first-order chi connectivity index (χ1) is 5.24. The first-order valence-electron chi connectivity index (χ1n) is 4.02. The Balaban J connectivity index is 2.30. The standard InChI is InChI=1S/C8H15N2O/c1-7(11)10-5-3-8(9-2)4-6-10/h8-9H,2-6H2,1H3. The van der Waals surface area contributed by atoms with Crippen LogP contribution < -0.4 is 5.32 Å². The zero-order chi connectivity index (χ0) is 8.27. The number of carbonyl (C=O) groups excluding carboxylic acids is 1. The monoisotopic (exact) mass is 155 g/mol. The quantitative estimate of drug-likeness (QED) is 0.593. The molecule has 11 heavy (non-hydrogen) atoms. The number of rotatable bonds is 1. The van der Waals surface area contributed by atoms with E-state index in [-0.39, 0.29) is 5.91 Å². The predicted molar refractivity (Wildman–Crippen MR) is 43.8 cm³/mol. The molecule has 63 valence electrons. The summed E-state index contributed by atoms with van der Waals surface area (Å²) in [5.74, 6) is 0.188. The van der Waals surface area contributed by atoms with Gasteiger partial charge in [-0.3, -0.25) is 4.79 Å². The van der Waals surface area contributed by atoms with Crippen molar-refractivity contribution in [2.75, 3.05) is 13.1 Å². The van der Waals surface area contributed by atoms with Crippen molar-refractivity contribution in [1.82, 2.24) is 10.2 Å². The minimum atomic E-state index is 0.188. The molecule has 0 aromatic heterocycles. The van der Waals surface area contributed by atoms with Gasteiger partial charge < -0.3 is 10.2 Å². The van der Waals surface area contributed by atoms with Crippen LogP contribution in [0.2, 0.25) is 0 Å². The summed E-state index contributed by atoms with van der Waals surface area (Å²) in [6.45, 7) is 3.38. The third-order valence-corrected chi connectivity index (χ3v) is 2.23. The number of amides is 1. The zero-order valence-corrected chi connectivity index (χ0v) is 6.97. The van der Waals surface area contributed by atoms with Crippen molar-refractivity contribution in [2.45, 2.75) is 25.8 Å². The van der Waals surface area contributed by atoms with E-state index in [0.717, 1.165) is 25.9 Å². The molecule has 3 heteroatoms. The van der Waals surface area contributed by atoms with Gasteiger partial charge in [0.1, 0.15) is 0 Å². The molecule has 1 aliphatic rings. The number of hydrogen-bond acceptors (Lipinski definition) is 2. The number of hydrogen-bond donors (Lipinski definition) is 1. The molecule has 1 heterocycles. The van der Waals surface area contributed by atoms with Crippen LogP contribution in [0.1, 0.15) is 19.8 Å². The molecule has 0 aromatic rings. The SMILES string of the molecule is [CH2]NC1CCN(C(C)=O)CC1. The van der Waals surface area contributed by atoms with Gasteiger partial charge >= 0.3 is 0 Å². The van der Waals surface area contributed by atoms with Gasteiger partial charge in [-0.05, 0) is 12.8 Å². The van der Waals surface area contributed by atoms with Gasteiger partial charge in [0.2, 0.25) is 5.91 Å². The lowest BCUT2D eigenvalue weighted by molar-refractivity contribution is -0.129. The van der Waals surface area contributed by atoms with Crippen LogP contribution in [0.3, 0.4) is 0 Å². The number of nitrogens with one attached hydrogen (secondary N) is 1. The van der Waals surface area contributed by atoms with Gasteiger partial charge in [-0.2, -0.15) is 0 Å². The molecule has 1 fully saturated rings. The van der Waals surface area contributed by atoms with E-state index < -0.39 is 0 Å². The molecule has 1 saturated heterocycles. The van der Waals surface area contributed by atoms with Crippen molar-refractivity contribution < 1.29 is 4.79 Å². The molecule has 0 aromatic carbocycles. The molecule has 0 spiro atoms. The van der Waals surface area contributed by atoms with Gasteiger partial charge in [0.25, 0.3) is 0 Å². The molecule has 1 amide bonds. The summed E-state index contributed by atoms with van der Waals surface area (Å²) in [5, 5.41) is 2.98. The van der Waals surface area contributed by atoms with Crippen molar-refractivity contribution in [1.29, 1.82) is 0 Å². The summed E-state index contributed by atoms with van der Waals surface area (Å²) in [7, 11) is 3.63. The number of likely N-dealkylation sites (tertiary alicyclic amines) is 1. The van der Waals surface area contributed by atoms with Crippen LogP contribution in [0.5, 0.6) is 0 Å². The Morgan fingerprint density at radius 3 is 2.45 bits per heavy atom. The average Bonchev–Trinajstić information content (AvgIpc) is 2.05. The molecule has 0 atom stereocenters. The molecule has 0 bridgehead atoms. The zero-order valence-electron chi connectivity index (χ0n) is 6.97. The van der Waals surface area contributed by atoms with E-state index in [1.165, 1.54) is 0 Å². The molecular formula is C8H15N2O. The summed E-state index contributed by atoms with van der Waals surface area (Å²) < 4.78 is 0. The molecule has 1 N–H and O–H groups in total. The highest BCUT2D eigenvalue weighted by Gasteiger charge is 2.18. The smallest absolute Gasteiger partial charge is 0.219 e. The highest BCUT2D eigenvalue weighted by Crippen LogP contribution is 2.09. The van der Waals surface area contributed by atoms with Crippen LogP contribution in [0.15, 0.2) is 0 Å². The summed E-state index contributed by atoms with van der Waals surface area (Å²) in [4.78, 5) is 12.8. The van der Waals surface area contributed by atoms with Crippen molar-refractivity contribution in [3.8, 4) is 0 Å². The first-order valence-corrected chi connectivity index (χ1v) is 4.02. The van der Waals surface area contributed by atoms with Gasteiger partial charge in [-0.1, -0.05) is 0 Å². The molecule has 1 radical (unpaired) electrons. The minimum Gasteiger partial charge on any atom is -0.343 e. The number of nitrogens with zero attached hydrogens (tertiary/aromatic N) is 1. The summed E-state index contributed by atoms with van der Waals surface area (Å²) in [6, 6.07) is 0.505. The lowest BCUT2D eigenvalue weighted by Crippen LogP contribution is -2.42. The van der Waals surface area contributed by atoms with E-state index in [1.807, 2.05) is 4.90 Å². The highest BCUT2D eigenvalue weighted by molar-refractivity contribution is 5.73. The van der Waals surface area contributed by atoms with E-state index in [4.69, 9.17) is 0 Å². The van der Waals surface area contributed by atoms with Gasteiger partial charge in [-0.25, -0.2) is 0 Å². The van der Waals surface area contributed by atoms with Crippen LogP contribution in [0.25, 0.3) is 0 Å². The highest BCUT2D eigenvalue weighted by atomic mass is 16.2. The minimum absolute atomic E-state index is 0.188. The Labute approximate surface area is 67.8 Å². The Morgan fingerprint density at radius 2 is 2.09 bits per heavy atom. The summed E-state index contributed by atoms with van der Waals surface area (Å²) in [5.41, 5.74) is 0. The van der Waals surface area contributed by atoms with E-state index >= 15 is 0 Å². The van der Waals surface area contributed by atoms with Crippen molar-refractivity contribution in [2.24, 2.45) is 0 Å². The van der Waals surface area contributed by atoms with Gasteiger partial charge in [0.15, 0.2) is 0 Å². The second kappa shape index (κ2) is 3.72. The number of carbonyl (C=O) groups is 1. The van der Waals surface area contributed by atoms with Crippen molar-refractivity contribution in [3.63, 3.8) is 0 Å². The molecule has 1 rings (SSSR count). The Morgan fingerprint density at radius 1 is 1.55 bits per heavy atom. The maximum Gasteiger partial charge on any atom is 0.219 e. The maximum absolute atomic E-state index is 10.9. The third-order valence-electron chi connectivity index (χ3n) is 2.23. The van der Waals surface area contributed by atoms with Crippen LogP contribution in [-0.4, -0.2) is 29.9 Å². The summed E-state index contributed by atoms with van der Waals surface area (Å²) in [6.07, 6.45) is 2.06. The van der Waals surface area contributed by atoms with Crippen LogP contribution >= 0.6 is 0 Å². The Bertz CT molecular complexity index is 139. The molecule has 1 aliphatic heterocycles. The topological polar surface area (TPSA) is 32.3 Å². The van der Waals surface area contributed by atoms with E-state index in [9.17, 15) is 4.79 Å². The third kappa shape index (κ3) is 2.19. The van der Waals surface area contributed by atoms with Gasteiger partial charge in [-0.15, -0.1) is 0 Å². The fourth-order valence-corrected chi connectivity index (χ4v) is 1.40. The predicted octanol–water partition coefficient (Wildman–Crippen LogP) is 0.378. The van der Waals surface area contributed by atoms with Gasteiger partial charge in [0, 0.05) is 33.1 Å². The fraction of sp³-hybridized carbons (Fsp3) is 0.750. The lowest BCUT2D eigenvalue weighted by atomic mass is 10.1. The van der Waals surface area contributed by atoms with Crippen molar-refractivity contribution in [3.05, 3.63) is 7.05 Å². The second-order valence-corrected chi connectivity index (χ2v) is 2.98. The molecule has 0 saturated carbocycles.